The van der Waals surface area contributed by atoms with Gasteiger partial charge in [0, 0.05) is 27.9 Å². The number of esters is 4. The van der Waals surface area contributed by atoms with Crippen molar-refractivity contribution < 1.29 is 61.8 Å². The highest BCUT2D eigenvalue weighted by molar-refractivity contribution is 5.92. The molecular formula is C29H32O13. The number of ether oxygens (including phenoxy) is 9. The molecule has 1 aliphatic rings. The third kappa shape index (κ3) is 8.44. The third-order valence-corrected chi connectivity index (χ3v) is 5.65. The first kappa shape index (κ1) is 31.9. The number of methoxy groups -OCH3 is 3. The number of rotatable bonds is 12. The van der Waals surface area contributed by atoms with Crippen LogP contribution >= 0.6 is 0 Å². The molecule has 1 fully saturated rings. The number of carbonyl (C=O) groups is 4. The second-order valence-electron chi connectivity index (χ2n) is 8.82. The molecule has 4 atom stereocenters. The smallest absolute Gasteiger partial charge is 0.376 e. The molecule has 0 saturated carbocycles. The van der Waals surface area contributed by atoms with Gasteiger partial charge in [0.15, 0.2) is 29.1 Å². The van der Waals surface area contributed by atoms with Crippen molar-refractivity contribution in [2.24, 2.45) is 0 Å². The van der Waals surface area contributed by atoms with E-state index in [0.29, 0.717) is 11.3 Å². The summed E-state index contributed by atoms with van der Waals surface area (Å²) >= 11 is 0. The van der Waals surface area contributed by atoms with Gasteiger partial charge < -0.3 is 42.6 Å². The van der Waals surface area contributed by atoms with Gasteiger partial charge in [-0.15, -0.1) is 0 Å². The molecule has 0 unspecified atom stereocenters. The Morgan fingerprint density at radius 1 is 0.738 bits per heavy atom. The van der Waals surface area contributed by atoms with Gasteiger partial charge in [-0.2, -0.15) is 0 Å². The lowest BCUT2D eigenvalue weighted by molar-refractivity contribution is -0.196. The Morgan fingerprint density at radius 2 is 1.36 bits per heavy atom. The molecule has 13 nitrogen and oxygen atoms in total. The van der Waals surface area contributed by atoms with E-state index in [1.807, 2.05) is 0 Å². The van der Waals surface area contributed by atoms with Crippen molar-refractivity contribution in [1.29, 1.82) is 0 Å². The van der Waals surface area contributed by atoms with E-state index >= 15 is 0 Å². The van der Waals surface area contributed by atoms with E-state index in [-0.39, 0.29) is 29.6 Å². The molecule has 42 heavy (non-hydrogen) atoms. The molecule has 0 bridgehead atoms. The summed E-state index contributed by atoms with van der Waals surface area (Å²) in [4.78, 5) is 48.7. The molecule has 1 aliphatic heterocycles. The van der Waals surface area contributed by atoms with Gasteiger partial charge >= 0.3 is 23.9 Å². The quantitative estimate of drug-likeness (QED) is 0.118. The van der Waals surface area contributed by atoms with Gasteiger partial charge in [0.05, 0.1) is 20.8 Å². The predicted octanol–water partition coefficient (Wildman–Crippen LogP) is 2.83. The summed E-state index contributed by atoms with van der Waals surface area (Å²) < 4.78 is 48.9. The minimum absolute atomic E-state index is 0.0569. The zero-order valence-corrected chi connectivity index (χ0v) is 23.9. The summed E-state index contributed by atoms with van der Waals surface area (Å²) in [5.74, 6) is -2.39. The van der Waals surface area contributed by atoms with Crippen LogP contribution in [0, 0.1) is 0 Å². The van der Waals surface area contributed by atoms with E-state index in [1.165, 1.54) is 53.4 Å². The molecule has 0 amide bonds. The lowest BCUT2D eigenvalue weighted by Gasteiger charge is -2.23. The average Bonchev–Trinajstić information content (AvgIpc) is 3.23. The van der Waals surface area contributed by atoms with Crippen LogP contribution < -0.4 is 18.9 Å². The molecule has 0 radical (unpaired) electrons. The number of hydrogen-bond donors (Lipinski definition) is 0. The van der Waals surface area contributed by atoms with Crippen molar-refractivity contribution >= 4 is 30.0 Å². The Bertz CT molecular complexity index is 1320. The van der Waals surface area contributed by atoms with Gasteiger partial charge in [-0.1, -0.05) is 18.2 Å². The van der Waals surface area contributed by atoms with Crippen molar-refractivity contribution in [1.82, 2.24) is 0 Å². The zero-order valence-electron chi connectivity index (χ0n) is 23.9. The highest BCUT2D eigenvalue weighted by atomic mass is 16.8. The highest BCUT2D eigenvalue weighted by Crippen LogP contribution is 2.33. The number of hydrogen-bond acceptors (Lipinski definition) is 13. The summed E-state index contributed by atoms with van der Waals surface area (Å²) in [5.41, 5.74) is 0.406. The van der Waals surface area contributed by atoms with Crippen LogP contribution in [0.25, 0.3) is 6.08 Å². The van der Waals surface area contributed by atoms with E-state index < -0.39 is 48.5 Å². The molecule has 3 rings (SSSR count). The molecule has 13 heteroatoms. The van der Waals surface area contributed by atoms with Crippen LogP contribution in [0.15, 0.2) is 48.2 Å². The van der Waals surface area contributed by atoms with Crippen LogP contribution in [0.4, 0.5) is 0 Å². The van der Waals surface area contributed by atoms with Crippen molar-refractivity contribution in [2.45, 2.75) is 45.4 Å². The van der Waals surface area contributed by atoms with E-state index in [9.17, 15) is 19.2 Å². The summed E-state index contributed by atoms with van der Waals surface area (Å²) in [6.45, 7) is 3.52. The second-order valence-corrected chi connectivity index (χ2v) is 8.82. The average molecular weight is 589 g/mol. The molecular weight excluding hydrogens is 556 g/mol. The Kier molecular flexibility index (Phi) is 11.3. The monoisotopic (exact) mass is 588 g/mol. The molecule has 1 saturated heterocycles. The first-order valence-corrected chi connectivity index (χ1v) is 12.6. The second kappa shape index (κ2) is 14.8. The molecule has 0 N–H and O–H groups in total. The summed E-state index contributed by atoms with van der Waals surface area (Å²) in [7, 11) is 4.22. The zero-order chi connectivity index (χ0) is 30.8. The number of benzene rings is 2. The number of para-hydroxylation sites is 2. The van der Waals surface area contributed by atoms with Crippen molar-refractivity contribution in [3.8, 4) is 23.0 Å². The Labute approximate surface area is 242 Å². The minimum Gasteiger partial charge on any atom is -0.493 e. The Morgan fingerprint density at radius 3 is 1.95 bits per heavy atom. The predicted molar refractivity (Wildman–Crippen MR) is 144 cm³/mol. The van der Waals surface area contributed by atoms with Crippen molar-refractivity contribution in [3.63, 3.8) is 0 Å². The third-order valence-electron chi connectivity index (χ3n) is 5.65. The van der Waals surface area contributed by atoms with Crippen LogP contribution in [0.3, 0.4) is 0 Å². The van der Waals surface area contributed by atoms with Gasteiger partial charge in [-0.25, -0.2) is 4.79 Å². The van der Waals surface area contributed by atoms with Gasteiger partial charge in [0.25, 0.3) is 0 Å². The Hall–Kier alpha value is -4.62. The standard InChI is InChI=1S/C29H32O13/c1-16(30)37-22-12-11-19(13-23(22)36-6)14-24(40-21-10-8-7-9-20(21)35-5)28(33)42-29-27(39-18(3)32)26(38-17(2)31)25(41-29)15-34-4/h7-14,25-27,29H,15H2,1-6H3/b24-14-/t25-,26-,27+,29-/m0/s1. The fourth-order valence-electron chi connectivity index (χ4n) is 4.02. The summed E-state index contributed by atoms with van der Waals surface area (Å²) in [5, 5.41) is 0. The molecule has 1 heterocycles. The van der Waals surface area contributed by atoms with Crippen LogP contribution in [0.5, 0.6) is 23.0 Å². The maximum Gasteiger partial charge on any atom is 0.376 e. The summed E-state index contributed by atoms with van der Waals surface area (Å²) in [6, 6.07) is 11.1. The molecule has 0 spiro atoms. The normalized spacial score (nSPS) is 19.8. The molecule has 226 valence electrons. The van der Waals surface area contributed by atoms with Crippen LogP contribution in [-0.2, 0) is 42.9 Å². The molecule has 0 aromatic heterocycles. The number of carbonyl (C=O) groups excluding carboxylic acids is 4. The van der Waals surface area contributed by atoms with Gasteiger partial charge in [0.1, 0.15) is 6.10 Å². The lowest BCUT2D eigenvalue weighted by atomic mass is 10.1. The van der Waals surface area contributed by atoms with Crippen LogP contribution in [0.1, 0.15) is 26.3 Å². The highest BCUT2D eigenvalue weighted by Gasteiger charge is 2.51. The maximum absolute atomic E-state index is 13.6. The van der Waals surface area contributed by atoms with E-state index in [2.05, 4.69) is 0 Å². The molecule has 2 aromatic carbocycles. The first-order valence-electron chi connectivity index (χ1n) is 12.6. The van der Waals surface area contributed by atoms with Crippen LogP contribution in [0.2, 0.25) is 0 Å². The van der Waals surface area contributed by atoms with Gasteiger partial charge in [-0.3, -0.25) is 14.4 Å². The van der Waals surface area contributed by atoms with E-state index in [4.69, 9.17) is 42.6 Å². The molecule has 2 aromatic rings. The minimum atomic E-state index is -1.49. The van der Waals surface area contributed by atoms with E-state index in [1.54, 1.807) is 30.3 Å². The topological polar surface area (TPSA) is 151 Å². The van der Waals surface area contributed by atoms with Crippen molar-refractivity contribution in [3.05, 3.63) is 53.8 Å². The first-order chi connectivity index (χ1) is 20.1. The molecule has 0 aliphatic carbocycles. The van der Waals surface area contributed by atoms with Crippen molar-refractivity contribution in [2.75, 3.05) is 27.9 Å². The lowest BCUT2D eigenvalue weighted by Crippen LogP contribution is -2.42. The van der Waals surface area contributed by atoms with E-state index in [0.717, 1.165) is 6.92 Å². The largest absolute Gasteiger partial charge is 0.493 e. The fraction of sp³-hybridized carbons (Fsp3) is 0.379. The van der Waals surface area contributed by atoms with Gasteiger partial charge in [0.2, 0.25) is 18.2 Å². The van der Waals surface area contributed by atoms with Crippen LogP contribution in [-0.4, -0.2) is 76.4 Å². The fourth-order valence-corrected chi connectivity index (χ4v) is 4.02. The summed E-state index contributed by atoms with van der Waals surface area (Å²) in [6.07, 6.45) is -3.48. The SMILES string of the molecule is COC[C@@H]1O[C@@H](OC(=O)/C(=C/c2ccc(OC(C)=O)c(OC)c2)Oc2ccccc2OC)[C@H](OC(C)=O)[C@H]1OC(C)=O. The Balaban J connectivity index is 2.00. The van der Waals surface area contributed by atoms with Gasteiger partial charge in [-0.05, 0) is 35.9 Å². The maximum atomic E-state index is 13.6.